The number of methoxy groups -OCH3 is 1. The van der Waals surface area contributed by atoms with Gasteiger partial charge in [-0.3, -0.25) is 14.6 Å². The van der Waals surface area contributed by atoms with Crippen LogP contribution in [0.4, 0.5) is 4.79 Å². The summed E-state index contributed by atoms with van der Waals surface area (Å²) in [4.78, 5) is 32.7. The molecule has 0 bridgehead atoms. The highest BCUT2D eigenvalue weighted by molar-refractivity contribution is 6.22. The molecule has 1 aromatic heterocycles. The fourth-order valence-corrected chi connectivity index (χ4v) is 3.22. The average Bonchev–Trinajstić information content (AvgIpc) is 3.12. The molecular formula is C16H23N6O3+. The van der Waals surface area contributed by atoms with Crippen LogP contribution in [-0.4, -0.2) is 87.8 Å². The summed E-state index contributed by atoms with van der Waals surface area (Å²) in [7, 11) is 3.18. The van der Waals surface area contributed by atoms with Crippen molar-refractivity contribution in [2.24, 2.45) is 4.99 Å². The fraction of sp³-hybridized carbons (Fsp3) is 0.562. The quantitative estimate of drug-likeness (QED) is 0.721. The summed E-state index contributed by atoms with van der Waals surface area (Å²) in [5.41, 5.74) is 1.79. The van der Waals surface area contributed by atoms with Crippen molar-refractivity contribution in [3.8, 4) is 0 Å². The Hall–Kier alpha value is -2.55. The normalized spacial score (nSPS) is 20.5. The molecule has 1 aromatic rings. The molecule has 1 unspecified atom stereocenters. The Balaban J connectivity index is 2.07. The van der Waals surface area contributed by atoms with Gasteiger partial charge < -0.3 is 4.74 Å². The van der Waals surface area contributed by atoms with E-state index in [1.54, 1.807) is 11.7 Å². The summed E-state index contributed by atoms with van der Waals surface area (Å²) in [6.45, 7) is 6.87. The third-order valence-corrected chi connectivity index (χ3v) is 4.45. The summed E-state index contributed by atoms with van der Waals surface area (Å²) >= 11 is 0. The molecule has 134 valence electrons. The van der Waals surface area contributed by atoms with Crippen LogP contribution >= 0.6 is 0 Å². The lowest BCUT2D eigenvalue weighted by Crippen LogP contribution is -2.63. The van der Waals surface area contributed by atoms with Crippen LogP contribution in [0.25, 0.3) is 0 Å². The number of aromatic nitrogens is 2. The molecule has 1 atom stereocenters. The van der Waals surface area contributed by atoms with E-state index in [4.69, 9.17) is 4.74 Å². The SMILES string of the molecule is CC[N+]1=C(n2nc(C)cc2C)N=C2C1C(=O)N(CCOC)C(=O)N2C. The van der Waals surface area contributed by atoms with E-state index in [1.165, 1.54) is 16.9 Å². The van der Waals surface area contributed by atoms with Crippen LogP contribution in [0.2, 0.25) is 0 Å². The Morgan fingerprint density at radius 3 is 2.60 bits per heavy atom. The van der Waals surface area contributed by atoms with E-state index in [1.807, 2.05) is 31.4 Å². The van der Waals surface area contributed by atoms with Crippen molar-refractivity contribution in [1.29, 1.82) is 0 Å². The molecule has 2 aliphatic heterocycles. The molecular weight excluding hydrogens is 324 g/mol. The Morgan fingerprint density at radius 2 is 2.04 bits per heavy atom. The standard InChI is InChI=1S/C16H23N6O3/c1-6-20-12-13(17-15(20)22-11(3)9-10(2)18-22)19(4)16(24)21(14(12)23)7-8-25-5/h9,12H,6-8H2,1-5H3/q+1. The number of hydrogen-bond donors (Lipinski definition) is 0. The van der Waals surface area contributed by atoms with E-state index in [2.05, 4.69) is 10.1 Å². The van der Waals surface area contributed by atoms with Gasteiger partial charge in [-0.2, -0.15) is 0 Å². The molecule has 1 fully saturated rings. The average molecular weight is 347 g/mol. The van der Waals surface area contributed by atoms with Gasteiger partial charge in [-0.15, -0.1) is 9.78 Å². The van der Waals surface area contributed by atoms with Crippen LogP contribution in [0, 0.1) is 13.8 Å². The minimum absolute atomic E-state index is 0.217. The number of carbonyl (C=O) groups is 2. The lowest BCUT2D eigenvalue weighted by molar-refractivity contribution is -0.534. The molecule has 0 aliphatic carbocycles. The number of imide groups is 1. The van der Waals surface area contributed by atoms with E-state index in [0.717, 1.165) is 11.4 Å². The van der Waals surface area contributed by atoms with Crippen molar-refractivity contribution >= 4 is 23.7 Å². The molecule has 2 aliphatic rings. The van der Waals surface area contributed by atoms with Gasteiger partial charge in [-0.25, -0.2) is 9.37 Å². The maximum atomic E-state index is 13.0. The number of carbonyl (C=O) groups excluding carboxylic acids is 2. The second kappa shape index (κ2) is 6.40. The minimum Gasteiger partial charge on any atom is -0.383 e. The van der Waals surface area contributed by atoms with E-state index in [9.17, 15) is 9.59 Å². The summed E-state index contributed by atoms with van der Waals surface area (Å²) < 4.78 is 8.61. The summed E-state index contributed by atoms with van der Waals surface area (Å²) in [6, 6.07) is 0.941. The van der Waals surface area contributed by atoms with Crippen LogP contribution in [0.5, 0.6) is 0 Å². The van der Waals surface area contributed by atoms with Gasteiger partial charge in [0.2, 0.25) is 11.9 Å². The van der Waals surface area contributed by atoms with Gasteiger partial charge in [0, 0.05) is 14.2 Å². The highest BCUT2D eigenvalue weighted by atomic mass is 16.5. The molecule has 3 amide bonds. The zero-order chi connectivity index (χ0) is 18.3. The Labute approximate surface area is 146 Å². The third-order valence-electron chi connectivity index (χ3n) is 4.45. The van der Waals surface area contributed by atoms with Crippen molar-refractivity contribution in [1.82, 2.24) is 19.6 Å². The number of likely N-dealkylation sites (N-methyl/N-ethyl adjacent to an activating group) is 2. The van der Waals surface area contributed by atoms with Crippen molar-refractivity contribution in [2.45, 2.75) is 26.8 Å². The summed E-state index contributed by atoms with van der Waals surface area (Å²) in [5.74, 6) is 0.722. The molecule has 0 radical (unpaired) electrons. The number of aryl methyl sites for hydroxylation is 2. The van der Waals surface area contributed by atoms with Gasteiger partial charge in [0.15, 0.2) is 0 Å². The lowest BCUT2D eigenvalue weighted by atomic mass is 10.1. The zero-order valence-electron chi connectivity index (χ0n) is 15.2. The summed E-state index contributed by atoms with van der Waals surface area (Å²) in [6.07, 6.45) is 0. The van der Waals surface area contributed by atoms with E-state index >= 15 is 0 Å². The number of nitrogens with zero attached hydrogens (tertiary/aromatic N) is 6. The summed E-state index contributed by atoms with van der Waals surface area (Å²) in [5, 5.41) is 4.47. The predicted octanol–water partition coefficient (Wildman–Crippen LogP) is 0.0575. The maximum Gasteiger partial charge on any atom is 0.421 e. The van der Waals surface area contributed by atoms with Crippen LogP contribution in [0.15, 0.2) is 11.1 Å². The smallest absolute Gasteiger partial charge is 0.383 e. The second-order valence-electron chi connectivity index (χ2n) is 6.12. The lowest BCUT2D eigenvalue weighted by Gasteiger charge is -2.33. The van der Waals surface area contributed by atoms with Crippen LogP contribution in [0.3, 0.4) is 0 Å². The molecule has 0 aromatic carbocycles. The van der Waals surface area contributed by atoms with E-state index < -0.39 is 6.04 Å². The topological polar surface area (TPSA) is 83.0 Å². The molecule has 0 saturated carbocycles. The van der Waals surface area contributed by atoms with Crippen LogP contribution in [-0.2, 0) is 9.53 Å². The number of urea groups is 1. The number of aliphatic imine (C=N–C) groups is 1. The predicted molar refractivity (Wildman–Crippen MR) is 90.9 cm³/mol. The molecule has 3 heterocycles. The highest BCUT2D eigenvalue weighted by Gasteiger charge is 2.52. The molecule has 9 heteroatoms. The first kappa shape index (κ1) is 17.3. The number of fused-ring (bicyclic) bond motifs is 1. The Kier molecular flexibility index (Phi) is 4.42. The maximum absolute atomic E-state index is 13.0. The zero-order valence-corrected chi connectivity index (χ0v) is 15.2. The van der Waals surface area contributed by atoms with Crippen LogP contribution in [0.1, 0.15) is 18.3 Å². The van der Waals surface area contributed by atoms with Gasteiger partial charge >= 0.3 is 12.0 Å². The van der Waals surface area contributed by atoms with Crippen molar-refractivity contribution in [3.63, 3.8) is 0 Å². The first-order valence-electron chi connectivity index (χ1n) is 8.24. The van der Waals surface area contributed by atoms with Crippen molar-refractivity contribution in [3.05, 3.63) is 17.5 Å². The molecule has 1 saturated heterocycles. The highest BCUT2D eigenvalue weighted by Crippen LogP contribution is 2.20. The van der Waals surface area contributed by atoms with E-state index in [0.29, 0.717) is 24.9 Å². The van der Waals surface area contributed by atoms with Crippen molar-refractivity contribution in [2.75, 3.05) is 33.9 Å². The number of hydrogen-bond acceptors (Lipinski definition) is 5. The number of ether oxygens (including phenoxy) is 1. The van der Waals surface area contributed by atoms with Crippen LogP contribution < -0.4 is 0 Å². The first-order valence-corrected chi connectivity index (χ1v) is 8.24. The van der Waals surface area contributed by atoms with Gasteiger partial charge in [-0.1, -0.05) is 4.99 Å². The molecule has 0 N–H and O–H groups in total. The first-order chi connectivity index (χ1) is 11.9. The molecule has 9 nitrogen and oxygen atoms in total. The Morgan fingerprint density at radius 1 is 1.32 bits per heavy atom. The fourth-order valence-electron chi connectivity index (χ4n) is 3.22. The second-order valence-corrected chi connectivity index (χ2v) is 6.12. The third kappa shape index (κ3) is 2.64. The number of amidine groups is 1. The van der Waals surface area contributed by atoms with Gasteiger partial charge in [0.1, 0.15) is 5.69 Å². The minimum atomic E-state index is -0.622. The monoisotopic (exact) mass is 347 g/mol. The largest absolute Gasteiger partial charge is 0.421 e. The van der Waals surface area contributed by atoms with E-state index in [-0.39, 0.29) is 18.5 Å². The number of amides is 3. The van der Waals surface area contributed by atoms with Crippen molar-refractivity contribution < 1.29 is 18.9 Å². The molecule has 3 rings (SSSR count). The van der Waals surface area contributed by atoms with Gasteiger partial charge in [0.05, 0.1) is 25.4 Å². The van der Waals surface area contributed by atoms with Gasteiger partial charge in [-0.05, 0) is 26.8 Å². The molecule has 25 heavy (non-hydrogen) atoms. The van der Waals surface area contributed by atoms with Gasteiger partial charge in [0.25, 0.3) is 5.91 Å². The Bertz CT molecular complexity index is 794. The molecule has 0 spiro atoms. The number of rotatable bonds is 4.